The fourth-order valence-electron chi connectivity index (χ4n) is 4.05. The van der Waals surface area contributed by atoms with Crippen LogP contribution in [0.15, 0.2) is 54.6 Å². The molecule has 1 fully saturated rings. The van der Waals surface area contributed by atoms with Crippen LogP contribution in [0.5, 0.6) is 0 Å². The van der Waals surface area contributed by atoms with Crippen molar-refractivity contribution in [2.75, 3.05) is 6.54 Å². The summed E-state index contributed by atoms with van der Waals surface area (Å²) in [6.45, 7) is 0.659. The lowest BCUT2D eigenvalue weighted by atomic mass is 9.89. The predicted octanol–water partition coefficient (Wildman–Crippen LogP) is 3.30. The molecule has 1 atom stereocenters. The van der Waals surface area contributed by atoms with Gasteiger partial charge in [-0.1, -0.05) is 66.9 Å². The quantitative estimate of drug-likeness (QED) is 0.659. The molecular weight excluding hydrogens is 378 g/mol. The first-order valence-corrected chi connectivity index (χ1v) is 10.6. The highest BCUT2D eigenvalue weighted by Crippen LogP contribution is 2.22. The van der Waals surface area contributed by atoms with Crippen LogP contribution in [-0.4, -0.2) is 39.5 Å². The number of aromatic nitrogens is 3. The summed E-state index contributed by atoms with van der Waals surface area (Å²) in [5, 5.41) is 13.9. The standard InChI is InChI=1S/C23H27N5O2/c29-22(24-16-18-11-5-2-6-12-18)20(15-17-9-3-1-4-10-17)25-23(30)28-21-14-8-7-13-19(21)26-27-28/h1,3-4,7-10,13-14,18,20H,2,5-6,11-12,15-16H2,(H,24,29)(H,25,30)/t20-/m0/s1. The van der Waals surface area contributed by atoms with Gasteiger partial charge in [-0.25, -0.2) is 4.79 Å². The van der Waals surface area contributed by atoms with Gasteiger partial charge in [-0.05, 0) is 36.5 Å². The average Bonchev–Trinajstić information content (AvgIpc) is 3.23. The third-order valence-corrected chi connectivity index (χ3v) is 5.73. The van der Waals surface area contributed by atoms with Gasteiger partial charge < -0.3 is 10.6 Å². The molecule has 0 aliphatic heterocycles. The van der Waals surface area contributed by atoms with Crippen LogP contribution in [0.4, 0.5) is 4.79 Å². The smallest absolute Gasteiger partial charge is 0.344 e. The van der Waals surface area contributed by atoms with E-state index in [4.69, 9.17) is 0 Å². The SMILES string of the molecule is O=C(NCC1CCCCC1)[C@H](Cc1ccccc1)NC(=O)n1nnc2ccccc21. The van der Waals surface area contributed by atoms with Gasteiger partial charge in [-0.3, -0.25) is 4.79 Å². The number of hydrogen-bond acceptors (Lipinski definition) is 4. The maximum absolute atomic E-state index is 13.0. The van der Waals surface area contributed by atoms with Crippen molar-refractivity contribution in [3.8, 4) is 0 Å². The topological polar surface area (TPSA) is 88.9 Å². The molecule has 2 amide bonds. The zero-order valence-corrected chi connectivity index (χ0v) is 17.0. The number of amides is 2. The zero-order valence-electron chi connectivity index (χ0n) is 17.0. The summed E-state index contributed by atoms with van der Waals surface area (Å²) in [4.78, 5) is 25.9. The Morgan fingerprint density at radius 2 is 1.73 bits per heavy atom. The summed E-state index contributed by atoms with van der Waals surface area (Å²) in [6, 6.07) is 15.8. The first-order chi connectivity index (χ1) is 14.7. The number of carbonyl (C=O) groups excluding carboxylic acids is 2. The van der Waals surface area contributed by atoms with Crippen LogP contribution in [0.3, 0.4) is 0 Å². The Labute approximate surface area is 175 Å². The highest BCUT2D eigenvalue weighted by molar-refractivity contribution is 5.91. The molecule has 7 nitrogen and oxygen atoms in total. The van der Waals surface area contributed by atoms with Crippen molar-refractivity contribution in [1.82, 2.24) is 25.6 Å². The number of nitrogens with zero attached hydrogens (tertiary/aromatic N) is 3. The van der Waals surface area contributed by atoms with Gasteiger partial charge in [0.05, 0.1) is 5.52 Å². The predicted molar refractivity (Wildman–Crippen MR) is 115 cm³/mol. The fourth-order valence-corrected chi connectivity index (χ4v) is 4.05. The normalized spacial score (nSPS) is 15.6. The van der Waals surface area contributed by atoms with E-state index in [1.54, 1.807) is 12.1 Å². The molecule has 4 rings (SSSR count). The molecule has 156 valence electrons. The Morgan fingerprint density at radius 3 is 2.53 bits per heavy atom. The lowest BCUT2D eigenvalue weighted by Crippen LogP contribution is -2.50. The van der Waals surface area contributed by atoms with Gasteiger partial charge >= 0.3 is 6.03 Å². The van der Waals surface area contributed by atoms with E-state index < -0.39 is 12.1 Å². The maximum atomic E-state index is 13.0. The average molecular weight is 406 g/mol. The third-order valence-electron chi connectivity index (χ3n) is 5.73. The largest absolute Gasteiger partial charge is 0.354 e. The monoisotopic (exact) mass is 405 g/mol. The maximum Gasteiger partial charge on any atom is 0.344 e. The second-order valence-electron chi connectivity index (χ2n) is 7.93. The summed E-state index contributed by atoms with van der Waals surface area (Å²) in [7, 11) is 0. The minimum absolute atomic E-state index is 0.165. The van der Waals surface area contributed by atoms with Crippen molar-refractivity contribution in [3.05, 3.63) is 60.2 Å². The van der Waals surface area contributed by atoms with E-state index in [1.165, 1.54) is 23.9 Å². The van der Waals surface area contributed by atoms with E-state index in [0.29, 0.717) is 29.9 Å². The van der Waals surface area contributed by atoms with Gasteiger partial charge in [0.1, 0.15) is 11.6 Å². The van der Waals surface area contributed by atoms with E-state index in [0.717, 1.165) is 18.4 Å². The molecule has 1 saturated carbocycles. The van der Waals surface area contributed by atoms with Gasteiger partial charge in [0, 0.05) is 13.0 Å². The highest BCUT2D eigenvalue weighted by atomic mass is 16.2. The number of rotatable bonds is 6. The summed E-state index contributed by atoms with van der Waals surface area (Å²) >= 11 is 0. The minimum atomic E-state index is -0.688. The summed E-state index contributed by atoms with van der Waals surface area (Å²) in [5.74, 6) is 0.359. The molecule has 1 aliphatic rings. The van der Waals surface area contributed by atoms with E-state index in [9.17, 15) is 9.59 Å². The van der Waals surface area contributed by atoms with Crippen molar-refractivity contribution in [3.63, 3.8) is 0 Å². The van der Waals surface area contributed by atoms with Crippen LogP contribution in [-0.2, 0) is 11.2 Å². The van der Waals surface area contributed by atoms with Crippen LogP contribution in [0.25, 0.3) is 11.0 Å². The molecule has 1 aliphatic carbocycles. The summed E-state index contributed by atoms with van der Waals surface area (Å²) in [6.07, 6.45) is 6.45. The van der Waals surface area contributed by atoms with Crippen LogP contribution in [0, 0.1) is 5.92 Å². The first kappa shape index (κ1) is 20.1. The minimum Gasteiger partial charge on any atom is -0.354 e. The molecule has 0 unspecified atom stereocenters. The number of para-hydroxylation sites is 1. The van der Waals surface area contributed by atoms with Crippen LogP contribution >= 0.6 is 0 Å². The lowest BCUT2D eigenvalue weighted by Gasteiger charge is -2.24. The molecule has 0 bridgehead atoms. The molecule has 0 saturated heterocycles. The Morgan fingerprint density at radius 1 is 1.00 bits per heavy atom. The van der Waals surface area contributed by atoms with Crippen molar-refractivity contribution < 1.29 is 9.59 Å². The van der Waals surface area contributed by atoms with E-state index in [2.05, 4.69) is 20.9 Å². The molecule has 1 aromatic heterocycles. The van der Waals surface area contributed by atoms with Gasteiger partial charge in [0.25, 0.3) is 0 Å². The van der Waals surface area contributed by atoms with Crippen molar-refractivity contribution in [1.29, 1.82) is 0 Å². The molecule has 7 heteroatoms. The molecule has 1 heterocycles. The fraction of sp³-hybridized carbons (Fsp3) is 0.391. The van der Waals surface area contributed by atoms with Crippen molar-refractivity contribution >= 4 is 23.0 Å². The van der Waals surface area contributed by atoms with Gasteiger partial charge in [0.2, 0.25) is 5.91 Å². The van der Waals surface area contributed by atoms with Gasteiger partial charge in [0.15, 0.2) is 0 Å². The molecule has 2 N–H and O–H groups in total. The molecular formula is C23H27N5O2. The van der Waals surface area contributed by atoms with Crippen molar-refractivity contribution in [2.24, 2.45) is 5.92 Å². The van der Waals surface area contributed by atoms with Crippen LogP contribution in [0.1, 0.15) is 37.7 Å². The number of nitrogens with one attached hydrogen (secondary N) is 2. The van der Waals surface area contributed by atoms with Crippen LogP contribution in [0.2, 0.25) is 0 Å². The Bertz CT molecular complexity index is 995. The first-order valence-electron chi connectivity index (χ1n) is 10.6. The van der Waals surface area contributed by atoms with Crippen LogP contribution < -0.4 is 10.6 Å². The van der Waals surface area contributed by atoms with Gasteiger partial charge in [-0.15, -0.1) is 5.10 Å². The number of fused-ring (bicyclic) bond motifs is 1. The zero-order chi connectivity index (χ0) is 20.8. The lowest BCUT2D eigenvalue weighted by molar-refractivity contribution is -0.123. The Hall–Kier alpha value is -3.22. The number of benzene rings is 2. The molecule has 30 heavy (non-hydrogen) atoms. The molecule has 3 aromatic rings. The Balaban J connectivity index is 1.47. The second kappa shape index (κ2) is 9.52. The highest BCUT2D eigenvalue weighted by Gasteiger charge is 2.24. The molecule has 0 radical (unpaired) electrons. The Kier molecular flexibility index (Phi) is 6.37. The number of hydrogen-bond donors (Lipinski definition) is 2. The third kappa shape index (κ3) is 4.84. The molecule has 2 aromatic carbocycles. The number of carbonyl (C=O) groups is 2. The summed E-state index contributed by atoms with van der Waals surface area (Å²) in [5.41, 5.74) is 2.23. The van der Waals surface area contributed by atoms with Gasteiger partial charge in [-0.2, -0.15) is 4.68 Å². The molecule has 0 spiro atoms. The summed E-state index contributed by atoms with van der Waals surface area (Å²) < 4.78 is 1.21. The van der Waals surface area contributed by atoms with E-state index in [-0.39, 0.29) is 5.91 Å². The second-order valence-corrected chi connectivity index (χ2v) is 7.93. The van der Waals surface area contributed by atoms with E-state index in [1.807, 2.05) is 42.5 Å². The van der Waals surface area contributed by atoms with E-state index >= 15 is 0 Å². The van der Waals surface area contributed by atoms with Crippen molar-refractivity contribution in [2.45, 2.75) is 44.6 Å².